The Balaban J connectivity index is 1.26. The average molecular weight is 554 g/mol. The van der Waals surface area contributed by atoms with Crippen LogP contribution in [0.15, 0.2) is 48.7 Å². The molecule has 2 fully saturated rings. The fourth-order valence-electron chi connectivity index (χ4n) is 5.86. The van der Waals surface area contributed by atoms with Crippen molar-refractivity contribution in [2.75, 3.05) is 57.8 Å². The monoisotopic (exact) mass is 553 g/mol. The first-order valence-electron chi connectivity index (χ1n) is 14.3. The molecule has 0 aliphatic carbocycles. The molecule has 0 spiro atoms. The largest absolute Gasteiger partial charge is 0.378 e. The molecule has 41 heavy (non-hydrogen) atoms. The lowest BCUT2D eigenvalue weighted by Crippen LogP contribution is -2.40. The molecule has 3 aliphatic rings. The van der Waals surface area contributed by atoms with Crippen LogP contribution in [-0.2, 0) is 9.53 Å². The molecule has 3 N–H and O–H groups in total. The second-order valence-corrected chi connectivity index (χ2v) is 10.8. The van der Waals surface area contributed by atoms with Gasteiger partial charge in [0, 0.05) is 54.9 Å². The van der Waals surface area contributed by atoms with Crippen molar-refractivity contribution in [3.8, 4) is 11.1 Å². The van der Waals surface area contributed by atoms with Gasteiger partial charge in [-0.15, -0.1) is 0 Å². The van der Waals surface area contributed by atoms with E-state index in [0.29, 0.717) is 60.9 Å². The topological polar surface area (TPSA) is 107 Å². The van der Waals surface area contributed by atoms with Gasteiger partial charge in [-0.3, -0.25) is 14.4 Å². The first-order chi connectivity index (χ1) is 20.0. The number of aromatic nitrogens is 1. The Morgan fingerprint density at radius 2 is 1.83 bits per heavy atom. The zero-order chi connectivity index (χ0) is 28.3. The molecule has 6 rings (SSSR count). The number of anilines is 1. The minimum Gasteiger partial charge on any atom is -0.378 e. The molecular formula is C32H35N5O4. The molecule has 3 aliphatic heterocycles. The molecular weight excluding hydrogens is 518 g/mol. The van der Waals surface area contributed by atoms with Crippen molar-refractivity contribution in [2.24, 2.45) is 0 Å². The number of hydrogen-bond acceptors (Lipinski definition) is 5. The Morgan fingerprint density at radius 3 is 2.63 bits per heavy atom. The molecule has 2 saturated heterocycles. The molecule has 212 valence electrons. The molecule has 0 atom stereocenters. The Labute approximate surface area is 239 Å². The summed E-state index contributed by atoms with van der Waals surface area (Å²) in [4.78, 5) is 46.6. The Kier molecular flexibility index (Phi) is 7.71. The van der Waals surface area contributed by atoms with Gasteiger partial charge in [0.15, 0.2) is 0 Å². The zero-order valence-corrected chi connectivity index (χ0v) is 23.3. The highest BCUT2D eigenvalue weighted by atomic mass is 16.5. The van der Waals surface area contributed by atoms with Crippen molar-refractivity contribution in [3.63, 3.8) is 0 Å². The fraction of sp³-hybridized carbons (Fsp3) is 0.344. The smallest absolute Gasteiger partial charge is 0.256 e. The predicted molar refractivity (Wildman–Crippen MR) is 159 cm³/mol. The molecule has 0 radical (unpaired) electrons. The van der Waals surface area contributed by atoms with E-state index in [2.05, 4.69) is 20.5 Å². The number of fused-ring (bicyclic) bond motifs is 1. The van der Waals surface area contributed by atoms with Crippen LogP contribution in [0.2, 0.25) is 0 Å². The molecule has 3 amide bonds. The molecule has 2 aromatic carbocycles. The molecule has 3 aromatic rings. The second kappa shape index (κ2) is 11.7. The van der Waals surface area contributed by atoms with Crippen LogP contribution in [0, 0.1) is 6.92 Å². The number of morpholine rings is 1. The van der Waals surface area contributed by atoms with Crippen LogP contribution in [0.4, 0.5) is 5.69 Å². The minimum atomic E-state index is -0.210. The normalized spacial score (nSPS) is 18.0. The molecule has 4 heterocycles. The van der Waals surface area contributed by atoms with Gasteiger partial charge in [0.25, 0.3) is 17.7 Å². The summed E-state index contributed by atoms with van der Waals surface area (Å²) >= 11 is 0. The maximum absolute atomic E-state index is 13.2. The number of rotatable bonds is 7. The maximum atomic E-state index is 13.2. The number of aromatic amines is 1. The molecule has 0 bridgehead atoms. The van der Waals surface area contributed by atoms with E-state index in [1.807, 2.05) is 55.5 Å². The van der Waals surface area contributed by atoms with Gasteiger partial charge in [-0.05, 0) is 73.8 Å². The first kappa shape index (κ1) is 27.0. The van der Waals surface area contributed by atoms with Gasteiger partial charge in [-0.2, -0.15) is 0 Å². The summed E-state index contributed by atoms with van der Waals surface area (Å²) < 4.78 is 5.38. The van der Waals surface area contributed by atoms with Crippen LogP contribution in [0.1, 0.15) is 50.4 Å². The third-order valence-electron chi connectivity index (χ3n) is 8.17. The third kappa shape index (κ3) is 5.55. The number of amides is 3. The summed E-state index contributed by atoms with van der Waals surface area (Å²) in [6.45, 7) is 7.76. The fourth-order valence-corrected chi connectivity index (χ4v) is 5.86. The summed E-state index contributed by atoms with van der Waals surface area (Å²) in [5.74, 6) is -0.361. The molecule has 9 nitrogen and oxygen atoms in total. The number of nitrogens with one attached hydrogen (secondary N) is 3. The van der Waals surface area contributed by atoms with Crippen LogP contribution in [0.25, 0.3) is 22.8 Å². The highest BCUT2D eigenvalue weighted by molar-refractivity contribution is 6.36. The van der Waals surface area contributed by atoms with Gasteiger partial charge in [-0.1, -0.05) is 24.3 Å². The maximum Gasteiger partial charge on any atom is 0.256 e. The number of benzene rings is 2. The van der Waals surface area contributed by atoms with Crippen molar-refractivity contribution in [1.29, 1.82) is 0 Å². The van der Waals surface area contributed by atoms with Crippen molar-refractivity contribution >= 4 is 35.1 Å². The number of carbonyl (C=O) groups is 3. The minimum absolute atomic E-state index is 0.0424. The SMILES string of the molecule is Cc1c(C(=O)N2CCOCC2)c[nH]c1/C=C1\C(=O)Nc2cccc(-c3cccc(C(=O)NCCN4CCCC4)c3)c21. The van der Waals surface area contributed by atoms with Gasteiger partial charge in [0.05, 0.1) is 24.4 Å². The van der Waals surface area contributed by atoms with E-state index in [9.17, 15) is 14.4 Å². The van der Waals surface area contributed by atoms with Crippen molar-refractivity contribution in [2.45, 2.75) is 19.8 Å². The van der Waals surface area contributed by atoms with Crippen LogP contribution >= 0.6 is 0 Å². The van der Waals surface area contributed by atoms with Crippen molar-refractivity contribution in [1.82, 2.24) is 20.1 Å². The summed E-state index contributed by atoms with van der Waals surface area (Å²) in [7, 11) is 0. The van der Waals surface area contributed by atoms with Gasteiger partial charge in [0.2, 0.25) is 0 Å². The Bertz CT molecular complexity index is 1510. The quantitative estimate of drug-likeness (QED) is 0.386. The van der Waals surface area contributed by atoms with Crippen LogP contribution < -0.4 is 10.6 Å². The number of H-pyrrole nitrogens is 1. The average Bonchev–Trinajstić information content (AvgIpc) is 3.73. The summed E-state index contributed by atoms with van der Waals surface area (Å²) in [5, 5.41) is 6.02. The van der Waals surface area contributed by atoms with E-state index in [-0.39, 0.29) is 17.7 Å². The second-order valence-electron chi connectivity index (χ2n) is 10.8. The van der Waals surface area contributed by atoms with E-state index in [4.69, 9.17) is 4.74 Å². The summed E-state index contributed by atoms with van der Waals surface area (Å²) in [6, 6.07) is 13.3. The summed E-state index contributed by atoms with van der Waals surface area (Å²) in [6.07, 6.45) is 5.97. The van der Waals surface area contributed by atoms with Gasteiger partial charge >= 0.3 is 0 Å². The highest BCUT2D eigenvalue weighted by Gasteiger charge is 2.29. The van der Waals surface area contributed by atoms with E-state index >= 15 is 0 Å². The van der Waals surface area contributed by atoms with E-state index in [0.717, 1.165) is 41.9 Å². The Morgan fingerprint density at radius 1 is 1.05 bits per heavy atom. The van der Waals surface area contributed by atoms with E-state index < -0.39 is 0 Å². The molecule has 9 heteroatoms. The molecule has 1 aromatic heterocycles. The standard InChI is InChI=1S/C32H35N5O4/c1-21-26(32(40)37-14-16-41-17-15-37)20-34-28(21)19-25-29-24(8-5-9-27(29)35-31(25)39)22-6-4-7-23(18-22)30(38)33-10-13-36-11-2-3-12-36/h4-9,18-20,34H,2-3,10-17H2,1H3,(H,33,38)(H,35,39)/b25-19-. The Hall–Kier alpha value is -4.21. The van der Waals surface area contributed by atoms with Crippen LogP contribution in [-0.4, -0.2) is 85.0 Å². The molecule has 0 unspecified atom stereocenters. The van der Waals surface area contributed by atoms with Crippen LogP contribution in [0.5, 0.6) is 0 Å². The van der Waals surface area contributed by atoms with E-state index in [1.54, 1.807) is 11.1 Å². The predicted octanol–water partition coefficient (Wildman–Crippen LogP) is 3.78. The highest BCUT2D eigenvalue weighted by Crippen LogP contribution is 2.41. The lowest BCUT2D eigenvalue weighted by atomic mass is 9.93. The van der Waals surface area contributed by atoms with Gasteiger partial charge < -0.3 is 30.2 Å². The lowest BCUT2D eigenvalue weighted by Gasteiger charge is -2.26. The lowest BCUT2D eigenvalue weighted by molar-refractivity contribution is -0.110. The van der Waals surface area contributed by atoms with E-state index in [1.165, 1.54) is 12.8 Å². The van der Waals surface area contributed by atoms with Crippen molar-refractivity contribution in [3.05, 3.63) is 76.6 Å². The summed E-state index contributed by atoms with van der Waals surface area (Å²) in [5.41, 5.74) is 6.37. The first-order valence-corrected chi connectivity index (χ1v) is 14.3. The molecule has 0 saturated carbocycles. The number of carbonyl (C=O) groups excluding carboxylic acids is 3. The number of nitrogens with zero attached hydrogens (tertiary/aromatic N) is 2. The number of ether oxygens (including phenoxy) is 1. The zero-order valence-electron chi connectivity index (χ0n) is 23.3. The van der Waals surface area contributed by atoms with Gasteiger partial charge in [0.1, 0.15) is 0 Å². The van der Waals surface area contributed by atoms with Gasteiger partial charge in [-0.25, -0.2) is 0 Å². The van der Waals surface area contributed by atoms with Crippen LogP contribution in [0.3, 0.4) is 0 Å². The number of hydrogen-bond donors (Lipinski definition) is 3. The van der Waals surface area contributed by atoms with Crippen molar-refractivity contribution < 1.29 is 19.1 Å². The third-order valence-corrected chi connectivity index (χ3v) is 8.17. The number of likely N-dealkylation sites (tertiary alicyclic amines) is 1.